The third-order valence-electron chi connectivity index (χ3n) is 6.74. The Hall–Kier alpha value is -3.45. The molecule has 0 radical (unpaired) electrons. The standard InChI is InChI=1S/C27H27N5O5S2/c33-25-19(15-22-26(34)32(27(38)39-22)16-18-5-6-20-21(14-18)37-17-36-20)24(29-23-4-1-2-9-31(23)25)28-7-3-8-30-10-12-35-13-11-30/h1-2,4-6,9,14-15,28H,3,7-8,10-13,16-17H2/b22-15+. The van der Waals surface area contributed by atoms with Crippen molar-refractivity contribution in [3.05, 3.63) is 69.0 Å². The highest BCUT2D eigenvalue weighted by atomic mass is 32.2. The van der Waals surface area contributed by atoms with Gasteiger partial charge < -0.3 is 19.5 Å². The van der Waals surface area contributed by atoms with Crippen LogP contribution in [0.4, 0.5) is 5.82 Å². The number of carbonyl (C=O) groups is 1. The third kappa shape index (κ3) is 5.50. The molecule has 3 aromatic rings. The molecule has 12 heteroatoms. The minimum absolute atomic E-state index is 0.182. The summed E-state index contributed by atoms with van der Waals surface area (Å²) in [5.74, 6) is 1.53. The lowest BCUT2D eigenvalue weighted by atomic mass is 10.2. The molecular formula is C27H27N5O5S2. The molecule has 0 saturated carbocycles. The summed E-state index contributed by atoms with van der Waals surface area (Å²) in [4.78, 5) is 35.9. The second-order valence-electron chi connectivity index (χ2n) is 9.30. The second-order valence-corrected chi connectivity index (χ2v) is 11.0. The van der Waals surface area contributed by atoms with E-state index >= 15 is 0 Å². The summed E-state index contributed by atoms with van der Waals surface area (Å²) in [6.07, 6.45) is 4.17. The van der Waals surface area contributed by atoms with Crippen LogP contribution >= 0.6 is 24.0 Å². The van der Waals surface area contributed by atoms with Crippen LogP contribution in [-0.2, 0) is 16.1 Å². The van der Waals surface area contributed by atoms with Crippen molar-refractivity contribution >= 4 is 51.7 Å². The number of carbonyl (C=O) groups excluding carboxylic acids is 1. The highest BCUT2D eigenvalue weighted by Crippen LogP contribution is 2.36. The van der Waals surface area contributed by atoms with Gasteiger partial charge in [0, 0.05) is 25.8 Å². The molecule has 5 heterocycles. The van der Waals surface area contributed by atoms with Crippen molar-refractivity contribution in [1.82, 2.24) is 19.2 Å². The number of ether oxygens (including phenoxy) is 3. The number of morpholine rings is 1. The van der Waals surface area contributed by atoms with E-state index in [1.807, 2.05) is 24.3 Å². The van der Waals surface area contributed by atoms with E-state index in [-0.39, 0.29) is 18.3 Å². The molecule has 2 aromatic heterocycles. The highest BCUT2D eigenvalue weighted by Gasteiger charge is 2.33. The number of benzene rings is 1. The Balaban J connectivity index is 1.23. The van der Waals surface area contributed by atoms with Crippen LogP contribution in [0.15, 0.2) is 52.3 Å². The van der Waals surface area contributed by atoms with Gasteiger partial charge in [0.1, 0.15) is 15.8 Å². The molecule has 2 fully saturated rings. The first-order valence-electron chi connectivity index (χ1n) is 12.8. The molecule has 10 nitrogen and oxygen atoms in total. The molecular weight excluding hydrogens is 538 g/mol. The molecule has 39 heavy (non-hydrogen) atoms. The number of fused-ring (bicyclic) bond motifs is 2. The lowest BCUT2D eigenvalue weighted by molar-refractivity contribution is -0.122. The largest absolute Gasteiger partial charge is 0.454 e. The molecule has 3 aliphatic heterocycles. The molecule has 1 amide bonds. The molecule has 0 bridgehead atoms. The number of nitrogens with zero attached hydrogens (tertiary/aromatic N) is 4. The summed E-state index contributed by atoms with van der Waals surface area (Å²) < 4.78 is 18.2. The zero-order valence-corrected chi connectivity index (χ0v) is 22.8. The van der Waals surface area contributed by atoms with E-state index in [0.29, 0.717) is 50.8 Å². The topological polar surface area (TPSA) is 97.6 Å². The van der Waals surface area contributed by atoms with Gasteiger partial charge in [-0.05, 0) is 48.9 Å². The molecule has 2 saturated heterocycles. The smallest absolute Gasteiger partial charge is 0.267 e. The number of aromatic nitrogens is 2. The normalized spacial score (nSPS) is 18.5. The average Bonchev–Trinajstić information content (AvgIpc) is 3.53. The van der Waals surface area contributed by atoms with E-state index in [9.17, 15) is 9.59 Å². The van der Waals surface area contributed by atoms with Crippen LogP contribution in [0.3, 0.4) is 0 Å². The minimum Gasteiger partial charge on any atom is -0.454 e. The number of rotatable bonds is 8. The molecule has 0 spiro atoms. The van der Waals surface area contributed by atoms with E-state index in [0.717, 1.165) is 44.8 Å². The summed E-state index contributed by atoms with van der Waals surface area (Å²) >= 11 is 6.72. The fourth-order valence-electron chi connectivity index (χ4n) is 4.69. The maximum Gasteiger partial charge on any atom is 0.267 e. The number of hydrogen-bond donors (Lipinski definition) is 1. The van der Waals surface area contributed by atoms with Crippen LogP contribution < -0.4 is 20.3 Å². The van der Waals surface area contributed by atoms with Crippen LogP contribution in [0.25, 0.3) is 11.7 Å². The van der Waals surface area contributed by atoms with Gasteiger partial charge in [-0.2, -0.15) is 0 Å². The monoisotopic (exact) mass is 565 g/mol. The summed E-state index contributed by atoms with van der Waals surface area (Å²) in [5, 5.41) is 3.34. The van der Waals surface area contributed by atoms with E-state index in [4.69, 9.17) is 31.4 Å². The minimum atomic E-state index is -0.252. The first-order valence-corrected chi connectivity index (χ1v) is 14.0. The molecule has 3 aliphatic rings. The molecule has 1 N–H and O–H groups in total. The molecule has 6 rings (SSSR count). The van der Waals surface area contributed by atoms with Crippen LogP contribution in [0, 0.1) is 0 Å². The third-order valence-corrected chi connectivity index (χ3v) is 8.12. The zero-order chi connectivity index (χ0) is 26.8. The van der Waals surface area contributed by atoms with E-state index < -0.39 is 0 Å². The van der Waals surface area contributed by atoms with Crippen molar-refractivity contribution < 1.29 is 19.0 Å². The van der Waals surface area contributed by atoms with Gasteiger partial charge in [-0.25, -0.2) is 4.98 Å². The number of anilines is 1. The molecule has 1 aromatic carbocycles. The predicted molar refractivity (Wildman–Crippen MR) is 153 cm³/mol. The van der Waals surface area contributed by atoms with E-state index in [1.54, 1.807) is 24.4 Å². The molecule has 0 aliphatic carbocycles. The predicted octanol–water partition coefficient (Wildman–Crippen LogP) is 2.96. The van der Waals surface area contributed by atoms with Gasteiger partial charge in [0.05, 0.1) is 30.2 Å². The number of hydrogen-bond acceptors (Lipinski definition) is 10. The van der Waals surface area contributed by atoms with Crippen molar-refractivity contribution in [3.8, 4) is 11.5 Å². The van der Waals surface area contributed by atoms with Crippen molar-refractivity contribution in [2.75, 3.05) is 51.5 Å². The lowest BCUT2D eigenvalue weighted by Crippen LogP contribution is -2.37. The Bertz CT molecular complexity index is 1520. The van der Waals surface area contributed by atoms with Gasteiger partial charge in [-0.3, -0.25) is 23.8 Å². The number of nitrogens with one attached hydrogen (secondary N) is 1. The SMILES string of the molecule is O=C1/C(=C\c2c(NCCCN3CCOCC3)nc3ccccn3c2=O)SC(=S)N1Cc1ccc2c(c1)OCO2. The quantitative estimate of drug-likeness (QED) is 0.249. The summed E-state index contributed by atoms with van der Waals surface area (Å²) in [7, 11) is 0. The van der Waals surface area contributed by atoms with Crippen molar-refractivity contribution in [1.29, 1.82) is 0 Å². The van der Waals surface area contributed by atoms with Gasteiger partial charge in [0.25, 0.3) is 11.5 Å². The molecule has 0 unspecified atom stereocenters. The van der Waals surface area contributed by atoms with Crippen LogP contribution in [0.2, 0.25) is 0 Å². The van der Waals surface area contributed by atoms with Gasteiger partial charge in [-0.1, -0.05) is 36.1 Å². The van der Waals surface area contributed by atoms with Crippen LogP contribution in [-0.4, -0.2) is 75.6 Å². The fraction of sp³-hybridized carbons (Fsp3) is 0.333. The van der Waals surface area contributed by atoms with Gasteiger partial charge in [0.2, 0.25) is 6.79 Å². The van der Waals surface area contributed by atoms with Gasteiger partial charge >= 0.3 is 0 Å². The average molecular weight is 566 g/mol. The maximum atomic E-state index is 13.5. The first-order chi connectivity index (χ1) is 19.1. The van der Waals surface area contributed by atoms with Crippen molar-refractivity contribution in [3.63, 3.8) is 0 Å². The fourth-order valence-corrected chi connectivity index (χ4v) is 5.93. The zero-order valence-electron chi connectivity index (χ0n) is 21.1. The summed E-state index contributed by atoms with van der Waals surface area (Å²) in [5.41, 5.74) is 1.48. The summed E-state index contributed by atoms with van der Waals surface area (Å²) in [6.45, 7) is 5.40. The van der Waals surface area contributed by atoms with Crippen molar-refractivity contribution in [2.24, 2.45) is 0 Å². The number of thioether (sulfide) groups is 1. The van der Waals surface area contributed by atoms with E-state index in [1.165, 1.54) is 21.1 Å². The highest BCUT2D eigenvalue weighted by molar-refractivity contribution is 8.26. The van der Waals surface area contributed by atoms with Crippen LogP contribution in [0.5, 0.6) is 11.5 Å². The summed E-state index contributed by atoms with van der Waals surface area (Å²) in [6, 6.07) is 11.0. The Kier molecular flexibility index (Phi) is 7.51. The molecule has 202 valence electrons. The van der Waals surface area contributed by atoms with Crippen LogP contribution in [0.1, 0.15) is 17.5 Å². The lowest BCUT2D eigenvalue weighted by Gasteiger charge is -2.26. The number of pyridine rings is 1. The second kappa shape index (κ2) is 11.3. The van der Waals surface area contributed by atoms with Gasteiger partial charge in [-0.15, -0.1) is 0 Å². The first kappa shape index (κ1) is 25.8. The van der Waals surface area contributed by atoms with Crippen molar-refractivity contribution in [2.45, 2.75) is 13.0 Å². The Morgan fingerprint density at radius 2 is 1.95 bits per heavy atom. The Morgan fingerprint density at radius 3 is 2.82 bits per heavy atom. The number of amides is 1. The number of thiocarbonyl (C=S) groups is 1. The van der Waals surface area contributed by atoms with Gasteiger partial charge in [0.15, 0.2) is 11.5 Å². The maximum absolute atomic E-state index is 13.5. The van der Waals surface area contributed by atoms with E-state index in [2.05, 4.69) is 10.2 Å². The Labute approximate surface area is 234 Å². The Morgan fingerprint density at radius 1 is 1.10 bits per heavy atom. The molecule has 0 atom stereocenters.